The molecule has 0 saturated carbocycles. The molecule has 2 N–H and O–H groups in total. The fourth-order valence-corrected chi connectivity index (χ4v) is 1.45. The van der Waals surface area contributed by atoms with Crippen molar-refractivity contribution in [3.63, 3.8) is 0 Å². The van der Waals surface area contributed by atoms with E-state index in [1.807, 2.05) is 37.3 Å². The van der Waals surface area contributed by atoms with Gasteiger partial charge in [0, 0.05) is 6.54 Å². The molecule has 0 saturated heterocycles. The van der Waals surface area contributed by atoms with Gasteiger partial charge in [0.05, 0.1) is 11.4 Å². The minimum absolute atomic E-state index is 0.350. The van der Waals surface area contributed by atoms with Gasteiger partial charge in [-0.25, -0.2) is 4.68 Å². The van der Waals surface area contributed by atoms with Gasteiger partial charge in [0.1, 0.15) is 6.07 Å². The van der Waals surface area contributed by atoms with Crippen LogP contribution < -0.4 is 5.73 Å². The fourth-order valence-electron chi connectivity index (χ4n) is 1.45. The van der Waals surface area contributed by atoms with Gasteiger partial charge in [-0.05, 0) is 24.6 Å². The van der Waals surface area contributed by atoms with Gasteiger partial charge in [-0.1, -0.05) is 17.3 Å². The standard InChI is InChI=1S/C11H11N5/c1-8-11(7-13)14-15-16(8)10-4-2-9(6-12)3-5-10/h2-5H,6,12H2,1H3. The van der Waals surface area contributed by atoms with E-state index < -0.39 is 0 Å². The number of aromatic nitrogens is 3. The van der Waals surface area contributed by atoms with Gasteiger partial charge < -0.3 is 5.73 Å². The average Bonchev–Trinajstić information content (AvgIpc) is 2.70. The number of benzene rings is 1. The highest BCUT2D eigenvalue weighted by molar-refractivity contribution is 5.37. The molecular formula is C11H11N5. The zero-order valence-corrected chi connectivity index (χ0v) is 8.88. The quantitative estimate of drug-likeness (QED) is 0.803. The fraction of sp³-hybridized carbons (Fsp3) is 0.182. The zero-order chi connectivity index (χ0) is 11.5. The molecule has 0 spiro atoms. The maximum Gasteiger partial charge on any atom is 0.186 e. The van der Waals surface area contributed by atoms with E-state index >= 15 is 0 Å². The third-order valence-electron chi connectivity index (χ3n) is 2.42. The second-order valence-electron chi connectivity index (χ2n) is 3.42. The second-order valence-corrected chi connectivity index (χ2v) is 3.42. The second kappa shape index (κ2) is 4.13. The minimum Gasteiger partial charge on any atom is -0.326 e. The maximum atomic E-state index is 8.78. The number of nitriles is 1. The molecule has 0 amide bonds. The topological polar surface area (TPSA) is 80.5 Å². The molecule has 0 aliphatic rings. The van der Waals surface area contributed by atoms with Crippen molar-refractivity contribution >= 4 is 0 Å². The Labute approximate surface area is 93.1 Å². The van der Waals surface area contributed by atoms with Crippen LogP contribution in [0.4, 0.5) is 0 Å². The maximum absolute atomic E-state index is 8.78. The molecule has 2 aromatic rings. The van der Waals surface area contributed by atoms with E-state index in [1.54, 1.807) is 4.68 Å². The molecule has 1 aromatic heterocycles. The number of rotatable bonds is 2. The van der Waals surface area contributed by atoms with Crippen molar-refractivity contribution in [1.29, 1.82) is 5.26 Å². The van der Waals surface area contributed by atoms with E-state index in [1.165, 1.54) is 0 Å². The van der Waals surface area contributed by atoms with Crippen LogP contribution in [0.2, 0.25) is 0 Å². The van der Waals surface area contributed by atoms with Crippen molar-refractivity contribution < 1.29 is 0 Å². The van der Waals surface area contributed by atoms with Crippen LogP contribution in [-0.2, 0) is 6.54 Å². The van der Waals surface area contributed by atoms with E-state index in [0.717, 1.165) is 16.9 Å². The SMILES string of the molecule is Cc1c(C#N)nnn1-c1ccc(CN)cc1. The summed E-state index contributed by atoms with van der Waals surface area (Å²) in [6.45, 7) is 2.33. The molecule has 0 atom stereocenters. The lowest BCUT2D eigenvalue weighted by Crippen LogP contribution is -2.01. The molecule has 0 aliphatic heterocycles. The first-order valence-electron chi connectivity index (χ1n) is 4.88. The molecule has 1 aromatic carbocycles. The average molecular weight is 213 g/mol. The predicted molar refractivity (Wildman–Crippen MR) is 58.7 cm³/mol. The summed E-state index contributed by atoms with van der Waals surface area (Å²) in [5.74, 6) is 0. The van der Waals surface area contributed by atoms with E-state index in [-0.39, 0.29) is 0 Å². The molecule has 16 heavy (non-hydrogen) atoms. The molecule has 5 nitrogen and oxygen atoms in total. The molecule has 2 rings (SSSR count). The Kier molecular flexibility index (Phi) is 2.66. The summed E-state index contributed by atoms with van der Waals surface area (Å²) in [6.07, 6.45) is 0. The summed E-state index contributed by atoms with van der Waals surface area (Å²) < 4.78 is 1.64. The lowest BCUT2D eigenvalue weighted by atomic mass is 10.2. The molecule has 0 unspecified atom stereocenters. The van der Waals surface area contributed by atoms with Gasteiger partial charge in [0.2, 0.25) is 0 Å². The summed E-state index contributed by atoms with van der Waals surface area (Å²) in [5, 5.41) is 16.5. The number of hydrogen-bond acceptors (Lipinski definition) is 4. The molecule has 5 heteroatoms. The normalized spacial score (nSPS) is 10.1. The Bertz CT molecular complexity index is 532. The molecular weight excluding hydrogens is 202 g/mol. The Morgan fingerprint density at radius 2 is 2.06 bits per heavy atom. The molecule has 0 radical (unpaired) electrons. The largest absolute Gasteiger partial charge is 0.326 e. The summed E-state index contributed by atoms with van der Waals surface area (Å²) in [6, 6.07) is 9.68. The summed E-state index contributed by atoms with van der Waals surface area (Å²) in [4.78, 5) is 0. The van der Waals surface area contributed by atoms with Gasteiger partial charge in [0.25, 0.3) is 0 Å². The van der Waals surface area contributed by atoms with Crippen molar-refractivity contribution in [3.05, 3.63) is 41.2 Å². The summed E-state index contributed by atoms with van der Waals surface area (Å²) in [5.41, 5.74) is 8.54. The smallest absolute Gasteiger partial charge is 0.186 e. The highest BCUT2D eigenvalue weighted by Crippen LogP contribution is 2.12. The first-order chi connectivity index (χ1) is 7.76. The summed E-state index contributed by atoms with van der Waals surface area (Å²) in [7, 11) is 0. The lowest BCUT2D eigenvalue weighted by Gasteiger charge is -2.03. The highest BCUT2D eigenvalue weighted by Gasteiger charge is 2.08. The number of hydrogen-bond donors (Lipinski definition) is 1. The van der Waals surface area contributed by atoms with Gasteiger partial charge >= 0.3 is 0 Å². The van der Waals surface area contributed by atoms with E-state index in [2.05, 4.69) is 10.3 Å². The number of nitrogens with two attached hydrogens (primary N) is 1. The van der Waals surface area contributed by atoms with Gasteiger partial charge in [-0.3, -0.25) is 0 Å². The Morgan fingerprint density at radius 1 is 1.38 bits per heavy atom. The van der Waals surface area contributed by atoms with E-state index in [0.29, 0.717) is 12.2 Å². The van der Waals surface area contributed by atoms with Crippen LogP contribution in [-0.4, -0.2) is 15.0 Å². The van der Waals surface area contributed by atoms with Crippen molar-refractivity contribution in [2.24, 2.45) is 5.73 Å². The molecule has 0 fully saturated rings. The van der Waals surface area contributed by atoms with Crippen LogP contribution in [0.25, 0.3) is 5.69 Å². The first-order valence-corrected chi connectivity index (χ1v) is 4.88. The van der Waals surface area contributed by atoms with Crippen LogP contribution in [0.15, 0.2) is 24.3 Å². The van der Waals surface area contributed by atoms with Crippen LogP contribution in [0.3, 0.4) is 0 Å². The Morgan fingerprint density at radius 3 is 2.56 bits per heavy atom. The Hall–Kier alpha value is -2.19. The van der Waals surface area contributed by atoms with Gasteiger partial charge in [-0.2, -0.15) is 5.26 Å². The number of nitrogens with zero attached hydrogens (tertiary/aromatic N) is 4. The molecule has 0 bridgehead atoms. The van der Waals surface area contributed by atoms with E-state index in [4.69, 9.17) is 11.0 Å². The summed E-state index contributed by atoms with van der Waals surface area (Å²) >= 11 is 0. The third-order valence-corrected chi connectivity index (χ3v) is 2.42. The lowest BCUT2D eigenvalue weighted by molar-refractivity contribution is 0.784. The molecule has 80 valence electrons. The van der Waals surface area contributed by atoms with Gasteiger partial charge in [0.15, 0.2) is 5.69 Å². The zero-order valence-electron chi connectivity index (χ0n) is 8.88. The third kappa shape index (κ3) is 1.66. The van der Waals surface area contributed by atoms with Crippen LogP contribution in [0, 0.1) is 18.3 Å². The Balaban J connectivity index is 2.43. The highest BCUT2D eigenvalue weighted by atomic mass is 15.4. The van der Waals surface area contributed by atoms with Crippen molar-refractivity contribution in [3.8, 4) is 11.8 Å². The van der Waals surface area contributed by atoms with Crippen LogP contribution >= 0.6 is 0 Å². The molecule has 0 aliphatic carbocycles. The minimum atomic E-state index is 0.350. The van der Waals surface area contributed by atoms with Crippen molar-refractivity contribution in [1.82, 2.24) is 15.0 Å². The predicted octanol–water partition coefficient (Wildman–Crippen LogP) is 0.906. The monoisotopic (exact) mass is 213 g/mol. The molecule has 1 heterocycles. The van der Waals surface area contributed by atoms with Crippen LogP contribution in [0.5, 0.6) is 0 Å². The van der Waals surface area contributed by atoms with Crippen molar-refractivity contribution in [2.45, 2.75) is 13.5 Å². The first kappa shape index (κ1) is 10.3. The van der Waals surface area contributed by atoms with Crippen molar-refractivity contribution in [2.75, 3.05) is 0 Å². The van der Waals surface area contributed by atoms with Crippen LogP contribution in [0.1, 0.15) is 17.0 Å². The van der Waals surface area contributed by atoms with E-state index in [9.17, 15) is 0 Å². The van der Waals surface area contributed by atoms with Gasteiger partial charge in [-0.15, -0.1) is 5.10 Å².